The molecule has 0 saturated heterocycles. The van der Waals surface area contributed by atoms with Gasteiger partial charge in [0.1, 0.15) is 11.6 Å². The lowest BCUT2D eigenvalue weighted by atomic mass is 10.0. The first kappa shape index (κ1) is 11.1. The summed E-state index contributed by atoms with van der Waals surface area (Å²) in [6.45, 7) is 1.76. The van der Waals surface area contributed by atoms with Crippen LogP contribution in [0.2, 0.25) is 0 Å². The van der Waals surface area contributed by atoms with Gasteiger partial charge in [-0.05, 0) is 17.7 Å². The summed E-state index contributed by atoms with van der Waals surface area (Å²) in [7, 11) is 0. The van der Waals surface area contributed by atoms with Crippen molar-refractivity contribution in [2.45, 2.75) is 19.1 Å². The number of fused-ring (bicyclic) bond motifs is 1. The monoisotopic (exact) mass is 222 g/mol. The minimum absolute atomic E-state index is 0.00857. The quantitative estimate of drug-likeness (QED) is 0.702. The molecule has 0 fully saturated rings. The van der Waals surface area contributed by atoms with Crippen LogP contribution < -0.4 is 5.73 Å². The molecule has 1 heterocycles. The van der Waals surface area contributed by atoms with Crippen LogP contribution in [-0.2, 0) is 0 Å². The zero-order valence-electron chi connectivity index (χ0n) is 8.92. The van der Waals surface area contributed by atoms with Crippen molar-refractivity contribution in [3.8, 4) is 0 Å². The van der Waals surface area contributed by atoms with Gasteiger partial charge in [-0.1, -0.05) is 6.07 Å². The van der Waals surface area contributed by atoms with Gasteiger partial charge in [0, 0.05) is 13.5 Å². The number of benzene rings is 1. The van der Waals surface area contributed by atoms with Crippen LogP contribution in [0.3, 0.4) is 0 Å². The minimum Gasteiger partial charge on any atom is -0.441 e. The van der Waals surface area contributed by atoms with E-state index in [1.165, 1.54) is 0 Å². The van der Waals surface area contributed by atoms with Crippen molar-refractivity contribution < 1.29 is 14.6 Å². The number of aryl methyl sites for hydroxylation is 1. The van der Waals surface area contributed by atoms with Crippen LogP contribution in [-0.4, -0.2) is 27.8 Å². The molecule has 4 N–H and O–H groups in total. The van der Waals surface area contributed by atoms with E-state index in [0.717, 1.165) is 5.52 Å². The van der Waals surface area contributed by atoms with Crippen molar-refractivity contribution in [2.75, 3.05) is 6.54 Å². The molecular formula is C11H14N2O3. The zero-order chi connectivity index (χ0) is 11.7. The van der Waals surface area contributed by atoms with Gasteiger partial charge in [0.25, 0.3) is 0 Å². The van der Waals surface area contributed by atoms with Crippen molar-refractivity contribution in [3.05, 3.63) is 29.7 Å². The Kier molecular flexibility index (Phi) is 2.91. The maximum absolute atomic E-state index is 9.76. The maximum Gasteiger partial charge on any atom is 0.192 e. The molecule has 0 aliphatic carbocycles. The number of aliphatic hydroxyl groups excluding tert-OH is 2. The van der Waals surface area contributed by atoms with Crippen LogP contribution >= 0.6 is 0 Å². The van der Waals surface area contributed by atoms with Crippen LogP contribution in [0.4, 0.5) is 0 Å². The zero-order valence-corrected chi connectivity index (χ0v) is 8.92. The van der Waals surface area contributed by atoms with Gasteiger partial charge < -0.3 is 20.4 Å². The second-order valence-electron chi connectivity index (χ2n) is 3.71. The summed E-state index contributed by atoms with van der Waals surface area (Å²) in [5.74, 6) is 0.570. The Balaban J connectivity index is 2.38. The summed E-state index contributed by atoms with van der Waals surface area (Å²) in [5, 5.41) is 19.2. The van der Waals surface area contributed by atoms with Crippen LogP contribution in [0, 0.1) is 6.92 Å². The lowest BCUT2D eigenvalue weighted by Crippen LogP contribution is -2.27. The Hall–Kier alpha value is -1.43. The number of aliphatic hydroxyl groups is 2. The summed E-state index contributed by atoms with van der Waals surface area (Å²) in [4.78, 5) is 4.14. The first-order chi connectivity index (χ1) is 7.61. The van der Waals surface area contributed by atoms with Crippen molar-refractivity contribution in [1.82, 2.24) is 4.98 Å². The molecule has 1 aromatic heterocycles. The Morgan fingerprint density at radius 3 is 2.88 bits per heavy atom. The van der Waals surface area contributed by atoms with E-state index in [1.807, 2.05) is 0 Å². The van der Waals surface area contributed by atoms with Crippen LogP contribution in [0.5, 0.6) is 0 Å². The van der Waals surface area contributed by atoms with Gasteiger partial charge in [-0.2, -0.15) is 0 Å². The smallest absolute Gasteiger partial charge is 0.192 e. The normalized spacial score (nSPS) is 15.2. The molecule has 0 radical (unpaired) electrons. The third-order valence-corrected chi connectivity index (χ3v) is 2.47. The standard InChI is InChI=1S/C11H14N2O3/c1-6-13-8-3-2-7(4-10(8)16-6)11(15)9(14)5-12/h2-4,9,11,14-15H,5,12H2,1H3. The summed E-state index contributed by atoms with van der Waals surface area (Å²) in [6.07, 6.45) is -1.97. The average molecular weight is 222 g/mol. The summed E-state index contributed by atoms with van der Waals surface area (Å²) in [5.41, 5.74) is 7.18. The van der Waals surface area contributed by atoms with Gasteiger partial charge in [0.2, 0.25) is 0 Å². The lowest BCUT2D eigenvalue weighted by Gasteiger charge is -2.15. The molecule has 5 nitrogen and oxygen atoms in total. The molecule has 0 aliphatic rings. The SMILES string of the molecule is Cc1nc2ccc(C(O)C(O)CN)cc2o1. The van der Waals surface area contributed by atoms with Crippen LogP contribution in [0.25, 0.3) is 11.1 Å². The van der Waals surface area contributed by atoms with E-state index in [2.05, 4.69) is 4.98 Å². The highest BCUT2D eigenvalue weighted by atomic mass is 16.3. The van der Waals surface area contributed by atoms with E-state index in [9.17, 15) is 10.2 Å². The molecule has 16 heavy (non-hydrogen) atoms. The highest BCUT2D eigenvalue weighted by molar-refractivity contribution is 5.73. The molecule has 0 saturated carbocycles. The Morgan fingerprint density at radius 2 is 2.19 bits per heavy atom. The second kappa shape index (κ2) is 4.21. The highest BCUT2D eigenvalue weighted by Crippen LogP contribution is 2.22. The van der Waals surface area contributed by atoms with E-state index < -0.39 is 12.2 Å². The first-order valence-electron chi connectivity index (χ1n) is 5.05. The highest BCUT2D eigenvalue weighted by Gasteiger charge is 2.17. The van der Waals surface area contributed by atoms with Gasteiger partial charge in [0.05, 0.1) is 6.10 Å². The third kappa shape index (κ3) is 1.92. The van der Waals surface area contributed by atoms with E-state index >= 15 is 0 Å². The van der Waals surface area contributed by atoms with Gasteiger partial charge in [-0.25, -0.2) is 4.98 Å². The van der Waals surface area contributed by atoms with Gasteiger partial charge >= 0.3 is 0 Å². The second-order valence-corrected chi connectivity index (χ2v) is 3.71. The number of oxazole rings is 1. The van der Waals surface area contributed by atoms with E-state index in [4.69, 9.17) is 10.2 Å². The summed E-state index contributed by atoms with van der Waals surface area (Å²) >= 11 is 0. The fourth-order valence-electron chi connectivity index (χ4n) is 1.59. The number of nitrogens with zero attached hydrogens (tertiary/aromatic N) is 1. The van der Waals surface area contributed by atoms with Gasteiger partial charge in [0.15, 0.2) is 11.5 Å². The topological polar surface area (TPSA) is 92.5 Å². The number of hydrogen-bond acceptors (Lipinski definition) is 5. The van der Waals surface area contributed by atoms with Crippen molar-refractivity contribution in [1.29, 1.82) is 0 Å². The number of hydrogen-bond donors (Lipinski definition) is 3. The lowest BCUT2D eigenvalue weighted by molar-refractivity contribution is 0.0244. The molecule has 2 rings (SSSR count). The van der Waals surface area contributed by atoms with Gasteiger partial charge in [-0.3, -0.25) is 0 Å². The molecule has 2 unspecified atom stereocenters. The molecule has 0 amide bonds. The fourth-order valence-corrected chi connectivity index (χ4v) is 1.59. The Labute approximate surface area is 92.5 Å². The molecule has 2 aromatic rings. The molecule has 1 aromatic carbocycles. The van der Waals surface area contributed by atoms with E-state index in [1.54, 1.807) is 25.1 Å². The molecule has 0 spiro atoms. The van der Waals surface area contributed by atoms with Crippen LogP contribution in [0.1, 0.15) is 17.6 Å². The van der Waals surface area contributed by atoms with Crippen molar-refractivity contribution in [3.63, 3.8) is 0 Å². The first-order valence-corrected chi connectivity index (χ1v) is 5.05. The fraction of sp³-hybridized carbons (Fsp3) is 0.364. The maximum atomic E-state index is 9.76. The van der Waals surface area contributed by atoms with Crippen molar-refractivity contribution in [2.24, 2.45) is 5.73 Å². The Morgan fingerprint density at radius 1 is 1.44 bits per heavy atom. The largest absolute Gasteiger partial charge is 0.441 e. The molecular weight excluding hydrogens is 208 g/mol. The summed E-state index contributed by atoms with van der Waals surface area (Å²) < 4.78 is 5.34. The molecule has 2 atom stereocenters. The number of nitrogens with two attached hydrogens (primary N) is 1. The number of aromatic nitrogens is 1. The van der Waals surface area contributed by atoms with Crippen LogP contribution in [0.15, 0.2) is 22.6 Å². The summed E-state index contributed by atoms with van der Waals surface area (Å²) in [6, 6.07) is 5.11. The molecule has 5 heteroatoms. The predicted octanol–water partition coefficient (Wildman–Crippen LogP) is 0.489. The van der Waals surface area contributed by atoms with E-state index in [0.29, 0.717) is 17.0 Å². The minimum atomic E-state index is -1.00. The van der Waals surface area contributed by atoms with Crippen molar-refractivity contribution >= 4 is 11.1 Å². The van der Waals surface area contributed by atoms with Gasteiger partial charge in [-0.15, -0.1) is 0 Å². The predicted molar refractivity (Wildman–Crippen MR) is 58.8 cm³/mol. The van der Waals surface area contributed by atoms with E-state index in [-0.39, 0.29) is 6.54 Å². The molecule has 0 bridgehead atoms. The average Bonchev–Trinajstić information content (AvgIpc) is 2.65. The Bertz CT molecular complexity index is 495. The third-order valence-electron chi connectivity index (χ3n) is 2.47. The molecule has 86 valence electrons. The molecule has 0 aliphatic heterocycles. The number of rotatable bonds is 3.